The first-order chi connectivity index (χ1) is 8.86. The molecule has 6 nitrogen and oxygen atoms in total. The highest BCUT2D eigenvalue weighted by Crippen LogP contribution is 2.25. The molecule has 0 aliphatic carbocycles. The van der Waals surface area contributed by atoms with Gasteiger partial charge in [0.15, 0.2) is 4.96 Å². The largest absolute Gasteiger partial charge is 0.282 e. The maximum atomic E-state index is 12.4. The van der Waals surface area contributed by atoms with E-state index in [4.69, 9.17) is 0 Å². The molecule has 2 heterocycles. The van der Waals surface area contributed by atoms with Gasteiger partial charge in [-0.1, -0.05) is 20.8 Å². The van der Waals surface area contributed by atoms with Crippen LogP contribution in [0.3, 0.4) is 0 Å². The SMILES string of the molecule is CONC(=O)c1cnc2scc(C(C)(C)C)n2c1=O. The minimum Gasteiger partial charge on any atom is -0.277 e. The number of nitrogens with zero attached hydrogens (tertiary/aromatic N) is 2. The topological polar surface area (TPSA) is 72.7 Å². The van der Waals surface area contributed by atoms with Crippen molar-refractivity contribution in [3.8, 4) is 0 Å². The Morgan fingerprint density at radius 2 is 2.16 bits per heavy atom. The molecule has 7 heteroatoms. The molecule has 2 aromatic rings. The molecule has 19 heavy (non-hydrogen) atoms. The first-order valence-corrected chi connectivity index (χ1v) is 6.57. The van der Waals surface area contributed by atoms with Gasteiger partial charge in [-0.25, -0.2) is 10.5 Å². The van der Waals surface area contributed by atoms with Crippen LogP contribution in [0.25, 0.3) is 4.96 Å². The summed E-state index contributed by atoms with van der Waals surface area (Å²) >= 11 is 1.38. The number of carbonyl (C=O) groups excluding carboxylic acids is 1. The number of fused-ring (bicyclic) bond motifs is 1. The first-order valence-electron chi connectivity index (χ1n) is 5.69. The zero-order chi connectivity index (χ0) is 14.2. The van der Waals surface area contributed by atoms with Crippen molar-refractivity contribution in [1.82, 2.24) is 14.9 Å². The van der Waals surface area contributed by atoms with E-state index < -0.39 is 5.91 Å². The summed E-state index contributed by atoms with van der Waals surface area (Å²) in [5, 5.41) is 1.89. The second-order valence-corrected chi connectivity index (χ2v) is 5.94. The van der Waals surface area contributed by atoms with Gasteiger partial charge in [0, 0.05) is 22.7 Å². The van der Waals surface area contributed by atoms with Gasteiger partial charge >= 0.3 is 0 Å². The lowest BCUT2D eigenvalue weighted by Gasteiger charge is -2.17. The summed E-state index contributed by atoms with van der Waals surface area (Å²) in [6, 6.07) is 0. The molecule has 0 aliphatic heterocycles. The molecular weight excluding hydrogens is 266 g/mol. The molecule has 0 saturated heterocycles. The third-order valence-electron chi connectivity index (χ3n) is 2.65. The number of rotatable bonds is 2. The molecule has 2 aromatic heterocycles. The van der Waals surface area contributed by atoms with Gasteiger partial charge in [-0.15, -0.1) is 11.3 Å². The molecule has 2 rings (SSSR count). The Morgan fingerprint density at radius 1 is 1.47 bits per heavy atom. The van der Waals surface area contributed by atoms with Crippen LogP contribution in [-0.2, 0) is 10.3 Å². The van der Waals surface area contributed by atoms with Gasteiger partial charge in [-0.3, -0.25) is 18.8 Å². The number of carbonyl (C=O) groups is 1. The van der Waals surface area contributed by atoms with E-state index in [2.05, 4.69) is 15.3 Å². The molecule has 1 N–H and O–H groups in total. The van der Waals surface area contributed by atoms with Crippen molar-refractivity contribution >= 4 is 22.2 Å². The van der Waals surface area contributed by atoms with Crippen LogP contribution in [0.5, 0.6) is 0 Å². The predicted molar refractivity (Wildman–Crippen MR) is 72.5 cm³/mol. The fourth-order valence-corrected chi connectivity index (χ4v) is 2.79. The third kappa shape index (κ3) is 2.39. The molecule has 0 aliphatic rings. The van der Waals surface area contributed by atoms with Crippen LogP contribution in [0.1, 0.15) is 36.8 Å². The standard InChI is InChI=1S/C12H15N3O3S/c1-12(2,3)8-6-19-11-13-5-7(9(16)14-18-4)10(17)15(8)11/h5-6H,1-4H3,(H,14,16). The Labute approximate surface area is 114 Å². The van der Waals surface area contributed by atoms with E-state index in [9.17, 15) is 9.59 Å². The summed E-state index contributed by atoms with van der Waals surface area (Å²) in [5.74, 6) is -0.597. The number of thiazole rings is 1. The van der Waals surface area contributed by atoms with Crippen molar-refractivity contribution < 1.29 is 9.63 Å². The van der Waals surface area contributed by atoms with Crippen LogP contribution in [0.2, 0.25) is 0 Å². The fraction of sp³-hybridized carbons (Fsp3) is 0.417. The van der Waals surface area contributed by atoms with Crippen LogP contribution in [0.4, 0.5) is 0 Å². The summed E-state index contributed by atoms with van der Waals surface area (Å²) in [7, 11) is 1.31. The van der Waals surface area contributed by atoms with Crippen molar-refractivity contribution in [3.05, 3.63) is 33.2 Å². The van der Waals surface area contributed by atoms with E-state index in [1.165, 1.54) is 29.0 Å². The molecule has 0 fully saturated rings. The number of amides is 1. The van der Waals surface area contributed by atoms with Gasteiger partial charge in [0.2, 0.25) is 0 Å². The summed E-state index contributed by atoms with van der Waals surface area (Å²) in [6.45, 7) is 6.01. The molecule has 0 unspecified atom stereocenters. The molecule has 1 amide bonds. The van der Waals surface area contributed by atoms with Gasteiger partial charge in [-0.05, 0) is 0 Å². The Balaban J connectivity index is 2.70. The van der Waals surface area contributed by atoms with E-state index in [1.807, 2.05) is 26.2 Å². The second kappa shape index (κ2) is 4.75. The monoisotopic (exact) mass is 281 g/mol. The molecule has 0 aromatic carbocycles. The first kappa shape index (κ1) is 13.7. The lowest BCUT2D eigenvalue weighted by molar-refractivity contribution is 0.0535. The quantitative estimate of drug-likeness (QED) is 0.843. The lowest BCUT2D eigenvalue weighted by atomic mass is 9.93. The van der Waals surface area contributed by atoms with Crippen molar-refractivity contribution in [2.45, 2.75) is 26.2 Å². The number of hydrogen-bond acceptors (Lipinski definition) is 5. The number of nitrogens with one attached hydrogen (secondary N) is 1. The Morgan fingerprint density at radius 3 is 2.74 bits per heavy atom. The number of hydrogen-bond donors (Lipinski definition) is 1. The van der Waals surface area contributed by atoms with Crippen molar-refractivity contribution in [3.63, 3.8) is 0 Å². The highest BCUT2D eigenvalue weighted by Gasteiger charge is 2.22. The zero-order valence-electron chi connectivity index (χ0n) is 11.2. The second-order valence-electron chi connectivity index (χ2n) is 5.10. The molecule has 0 radical (unpaired) electrons. The van der Waals surface area contributed by atoms with Crippen molar-refractivity contribution in [1.29, 1.82) is 0 Å². The number of aromatic nitrogens is 2. The summed E-state index contributed by atoms with van der Waals surface area (Å²) < 4.78 is 1.48. The average molecular weight is 281 g/mol. The van der Waals surface area contributed by atoms with E-state index in [-0.39, 0.29) is 16.5 Å². The summed E-state index contributed by atoms with van der Waals surface area (Å²) in [6.07, 6.45) is 1.27. The van der Waals surface area contributed by atoms with E-state index >= 15 is 0 Å². The highest BCUT2D eigenvalue weighted by atomic mass is 32.1. The van der Waals surface area contributed by atoms with E-state index in [0.29, 0.717) is 4.96 Å². The highest BCUT2D eigenvalue weighted by molar-refractivity contribution is 7.15. The Bertz CT molecular complexity index is 682. The summed E-state index contributed by atoms with van der Waals surface area (Å²) in [4.78, 5) is 33.3. The van der Waals surface area contributed by atoms with E-state index in [0.717, 1.165) is 5.69 Å². The number of hydroxylamine groups is 1. The van der Waals surface area contributed by atoms with E-state index in [1.54, 1.807) is 0 Å². The van der Waals surface area contributed by atoms with Crippen LogP contribution < -0.4 is 11.0 Å². The Hall–Kier alpha value is -1.73. The average Bonchev–Trinajstić information content (AvgIpc) is 2.73. The minimum atomic E-state index is -0.597. The molecule has 102 valence electrons. The van der Waals surface area contributed by atoms with Gasteiger partial charge in [0.05, 0.1) is 7.11 Å². The van der Waals surface area contributed by atoms with Crippen LogP contribution in [0.15, 0.2) is 16.4 Å². The van der Waals surface area contributed by atoms with Crippen LogP contribution >= 0.6 is 11.3 Å². The molecule has 0 bridgehead atoms. The molecule has 0 atom stereocenters. The van der Waals surface area contributed by atoms with Crippen LogP contribution in [0, 0.1) is 0 Å². The lowest BCUT2D eigenvalue weighted by Crippen LogP contribution is -2.32. The normalized spacial score (nSPS) is 11.8. The fourth-order valence-electron chi connectivity index (χ4n) is 1.71. The van der Waals surface area contributed by atoms with Crippen LogP contribution in [-0.4, -0.2) is 22.4 Å². The molecular formula is C12H15N3O3S. The summed E-state index contributed by atoms with van der Waals surface area (Å²) in [5.41, 5.74) is 2.33. The minimum absolute atomic E-state index is 0.0387. The molecule has 0 spiro atoms. The smallest absolute Gasteiger partial charge is 0.277 e. The maximum Gasteiger partial charge on any atom is 0.282 e. The maximum absolute atomic E-state index is 12.4. The van der Waals surface area contributed by atoms with Crippen molar-refractivity contribution in [2.24, 2.45) is 0 Å². The van der Waals surface area contributed by atoms with Gasteiger partial charge in [-0.2, -0.15) is 0 Å². The van der Waals surface area contributed by atoms with Crippen molar-refractivity contribution in [2.75, 3.05) is 7.11 Å². The predicted octanol–water partition coefficient (Wildman–Crippen LogP) is 1.34. The third-order valence-corrected chi connectivity index (χ3v) is 3.49. The van der Waals surface area contributed by atoms with Gasteiger partial charge in [0.1, 0.15) is 5.56 Å². The molecule has 0 saturated carbocycles. The van der Waals surface area contributed by atoms with Gasteiger partial charge in [0.25, 0.3) is 11.5 Å². The Kier molecular flexibility index (Phi) is 3.42. The zero-order valence-corrected chi connectivity index (χ0v) is 12.0. The van der Waals surface area contributed by atoms with Gasteiger partial charge < -0.3 is 0 Å².